The molecule has 0 aromatic carbocycles. The summed E-state index contributed by atoms with van der Waals surface area (Å²) in [7, 11) is 0. The van der Waals surface area contributed by atoms with Crippen LogP contribution in [0.2, 0.25) is 0 Å². The van der Waals surface area contributed by atoms with Crippen LogP contribution in [0, 0.1) is 5.41 Å². The zero-order chi connectivity index (χ0) is 18.0. The van der Waals surface area contributed by atoms with Gasteiger partial charge >= 0.3 is 5.97 Å². The molecule has 0 aliphatic carbocycles. The molecular weight excluding hydrogens is 324 g/mol. The van der Waals surface area contributed by atoms with Crippen LogP contribution in [0.15, 0.2) is 22.8 Å². The predicted octanol–water partition coefficient (Wildman–Crippen LogP) is 1.99. The number of carboxylic acid groups (broad SMARTS) is 1. The van der Waals surface area contributed by atoms with Gasteiger partial charge in [-0.25, -0.2) is 0 Å². The predicted molar refractivity (Wildman–Crippen MR) is 88.9 cm³/mol. The first-order valence-corrected chi connectivity index (χ1v) is 8.79. The Labute approximate surface area is 146 Å². The van der Waals surface area contributed by atoms with Gasteiger partial charge in [-0.15, -0.1) is 0 Å². The summed E-state index contributed by atoms with van der Waals surface area (Å²) < 4.78 is 5.19. The highest BCUT2D eigenvalue weighted by Gasteiger charge is 2.43. The lowest BCUT2D eigenvalue weighted by atomic mass is 9.81. The lowest BCUT2D eigenvalue weighted by molar-refractivity contribution is -0.154. The molecule has 2 aliphatic heterocycles. The lowest BCUT2D eigenvalue weighted by Crippen LogP contribution is -2.57. The van der Waals surface area contributed by atoms with E-state index in [-0.39, 0.29) is 24.1 Å². The van der Waals surface area contributed by atoms with Gasteiger partial charge in [0.2, 0.25) is 5.91 Å². The number of aliphatic carboxylic acids is 1. The topological polar surface area (TPSA) is 91.1 Å². The summed E-state index contributed by atoms with van der Waals surface area (Å²) in [6, 6.07) is 2.71. The highest BCUT2D eigenvalue weighted by molar-refractivity contribution is 5.95. The molecule has 2 fully saturated rings. The Kier molecular flexibility index (Phi) is 4.83. The number of hydrogen-bond acceptors (Lipinski definition) is 4. The molecule has 1 N–H and O–H groups in total. The van der Waals surface area contributed by atoms with Crippen LogP contribution < -0.4 is 0 Å². The number of carbonyl (C=O) groups excluding carboxylic acids is 2. The number of furan rings is 1. The molecule has 0 spiro atoms. The van der Waals surface area contributed by atoms with E-state index in [0.717, 1.165) is 12.8 Å². The third-order valence-electron chi connectivity index (χ3n) is 5.31. The van der Waals surface area contributed by atoms with E-state index in [4.69, 9.17) is 4.42 Å². The van der Waals surface area contributed by atoms with Gasteiger partial charge in [0.1, 0.15) is 6.04 Å². The van der Waals surface area contributed by atoms with Crippen LogP contribution in [-0.4, -0.2) is 58.4 Å². The van der Waals surface area contributed by atoms with Crippen LogP contribution >= 0.6 is 0 Å². The summed E-state index contributed by atoms with van der Waals surface area (Å²) in [5, 5.41) is 9.46. The van der Waals surface area contributed by atoms with Crippen LogP contribution in [0.4, 0.5) is 0 Å². The zero-order valence-electron chi connectivity index (χ0n) is 14.4. The minimum Gasteiger partial charge on any atom is -0.481 e. The number of rotatable bonds is 3. The van der Waals surface area contributed by atoms with Gasteiger partial charge in [0.15, 0.2) is 5.76 Å². The molecule has 2 amide bonds. The van der Waals surface area contributed by atoms with E-state index in [9.17, 15) is 19.5 Å². The van der Waals surface area contributed by atoms with Crippen LogP contribution in [-0.2, 0) is 9.59 Å². The summed E-state index contributed by atoms with van der Waals surface area (Å²) in [5.41, 5.74) is -0.918. The minimum absolute atomic E-state index is 0.146. The number of likely N-dealkylation sites (tertiary alicyclic amines) is 2. The molecule has 2 atom stereocenters. The van der Waals surface area contributed by atoms with Gasteiger partial charge in [-0.1, -0.05) is 0 Å². The van der Waals surface area contributed by atoms with Gasteiger partial charge in [-0.3, -0.25) is 14.4 Å². The second-order valence-corrected chi connectivity index (χ2v) is 7.22. The van der Waals surface area contributed by atoms with E-state index < -0.39 is 17.4 Å². The lowest BCUT2D eigenvalue weighted by Gasteiger charge is -2.42. The molecule has 2 saturated heterocycles. The fourth-order valence-electron chi connectivity index (χ4n) is 3.79. The van der Waals surface area contributed by atoms with E-state index >= 15 is 0 Å². The number of carboxylic acids is 1. The molecule has 1 aromatic rings. The van der Waals surface area contributed by atoms with Gasteiger partial charge in [-0.2, -0.15) is 0 Å². The van der Waals surface area contributed by atoms with Crippen LogP contribution in [0.5, 0.6) is 0 Å². The quantitative estimate of drug-likeness (QED) is 0.902. The first kappa shape index (κ1) is 17.5. The van der Waals surface area contributed by atoms with E-state index in [2.05, 4.69) is 0 Å². The van der Waals surface area contributed by atoms with Crippen LogP contribution in [0.25, 0.3) is 0 Å². The van der Waals surface area contributed by atoms with Crippen molar-refractivity contribution in [2.75, 3.05) is 19.6 Å². The Morgan fingerprint density at radius 3 is 2.72 bits per heavy atom. The maximum Gasteiger partial charge on any atom is 0.311 e. The number of hydrogen-bond donors (Lipinski definition) is 1. The first-order valence-electron chi connectivity index (χ1n) is 8.79. The monoisotopic (exact) mass is 348 g/mol. The van der Waals surface area contributed by atoms with Gasteiger partial charge in [-0.05, 0) is 51.2 Å². The van der Waals surface area contributed by atoms with Crippen molar-refractivity contribution >= 4 is 17.8 Å². The van der Waals surface area contributed by atoms with Crippen molar-refractivity contribution in [3.05, 3.63) is 24.2 Å². The summed E-state index contributed by atoms with van der Waals surface area (Å²) in [5.74, 6) is -1.07. The molecule has 2 aliphatic rings. The van der Waals surface area contributed by atoms with Crippen molar-refractivity contribution in [3.63, 3.8) is 0 Å². The van der Waals surface area contributed by atoms with Gasteiger partial charge in [0, 0.05) is 19.6 Å². The van der Waals surface area contributed by atoms with Crippen molar-refractivity contribution in [2.45, 2.75) is 45.1 Å². The smallest absolute Gasteiger partial charge is 0.311 e. The zero-order valence-corrected chi connectivity index (χ0v) is 14.4. The SMILES string of the molecule is CC1(C(=O)O)CCCN(C(=O)C2CCCCN2C(=O)c2ccco2)C1. The second kappa shape index (κ2) is 6.90. The molecule has 3 rings (SSSR count). The average molecular weight is 348 g/mol. The van der Waals surface area contributed by atoms with E-state index in [1.165, 1.54) is 6.26 Å². The number of nitrogens with zero attached hydrogens (tertiary/aromatic N) is 2. The van der Waals surface area contributed by atoms with E-state index in [0.29, 0.717) is 32.4 Å². The third-order valence-corrected chi connectivity index (χ3v) is 5.31. The molecular formula is C18H24N2O5. The molecule has 3 heterocycles. The molecule has 0 bridgehead atoms. The van der Waals surface area contributed by atoms with Crippen molar-refractivity contribution in [1.82, 2.24) is 9.80 Å². The van der Waals surface area contributed by atoms with E-state index in [1.807, 2.05) is 0 Å². The third kappa shape index (κ3) is 3.41. The number of amides is 2. The standard InChI is InChI=1S/C18H24N2O5/c1-18(17(23)24)8-5-9-19(12-18)15(21)13-6-2-3-10-20(13)16(22)14-7-4-11-25-14/h4,7,11,13H,2-3,5-6,8-10,12H2,1H3,(H,23,24). The van der Waals surface area contributed by atoms with Crippen molar-refractivity contribution in [1.29, 1.82) is 0 Å². The Morgan fingerprint density at radius 2 is 2.04 bits per heavy atom. The summed E-state index contributed by atoms with van der Waals surface area (Å²) in [4.78, 5) is 40.5. The van der Waals surface area contributed by atoms with Gasteiger partial charge < -0.3 is 19.3 Å². The van der Waals surface area contributed by atoms with Gasteiger partial charge in [0.05, 0.1) is 11.7 Å². The largest absolute Gasteiger partial charge is 0.481 e. The molecule has 1 aromatic heterocycles. The maximum atomic E-state index is 13.1. The number of carbonyl (C=O) groups is 3. The molecule has 2 unspecified atom stereocenters. The molecule has 0 radical (unpaired) electrons. The molecule has 25 heavy (non-hydrogen) atoms. The van der Waals surface area contributed by atoms with Crippen LogP contribution in [0.3, 0.4) is 0 Å². The minimum atomic E-state index is -0.918. The normalized spacial score (nSPS) is 27.2. The fraction of sp³-hybridized carbons (Fsp3) is 0.611. The fourth-order valence-corrected chi connectivity index (χ4v) is 3.79. The number of piperidine rings is 2. The molecule has 7 nitrogen and oxygen atoms in total. The Morgan fingerprint density at radius 1 is 1.24 bits per heavy atom. The molecule has 7 heteroatoms. The summed E-state index contributed by atoms with van der Waals surface area (Å²) in [6.07, 6.45) is 4.99. The second-order valence-electron chi connectivity index (χ2n) is 7.22. The van der Waals surface area contributed by atoms with Gasteiger partial charge in [0.25, 0.3) is 5.91 Å². The van der Waals surface area contributed by atoms with E-state index in [1.54, 1.807) is 28.9 Å². The maximum absolute atomic E-state index is 13.1. The first-order chi connectivity index (χ1) is 11.9. The van der Waals surface area contributed by atoms with Crippen LogP contribution in [0.1, 0.15) is 49.6 Å². The summed E-state index contributed by atoms with van der Waals surface area (Å²) >= 11 is 0. The highest BCUT2D eigenvalue weighted by Crippen LogP contribution is 2.31. The Bertz CT molecular complexity index is 656. The molecule has 136 valence electrons. The Hall–Kier alpha value is -2.31. The van der Waals surface area contributed by atoms with Crippen molar-refractivity contribution < 1.29 is 23.9 Å². The van der Waals surface area contributed by atoms with Crippen molar-refractivity contribution in [3.8, 4) is 0 Å². The Balaban J connectivity index is 1.77. The summed E-state index contributed by atoms with van der Waals surface area (Å²) in [6.45, 7) is 2.93. The highest BCUT2D eigenvalue weighted by atomic mass is 16.4. The van der Waals surface area contributed by atoms with Crippen molar-refractivity contribution in [2.24, 2.45) is 5.41 Å². The average Bonchev–Trinajstić information content (AvgIpc) is 3.15. The molecule has 0 saturated carbocycles.